The number of nitrogens with one attached hydrogen (secondary N) is 1. The first-order valence-electron chi connectivity index (χ1n) is 7.26. The summed E-state index contributed by atoms with van der Waals surface area (Å²) in [5.74, 6) is 0.597. The zero-order valence-electron chi connectivity index (χ0n) is 11.9. The lowest BCUT2D eigenvalue weighted by Gasteiger charge is -2.31. The molecule has 1 aromatic carbocycles. The van der Waals surface area contributed by atoms with E-state index < -0.39 is 0 Å². The SMILES string of the molecule is CC(C)C(CNC(=O)c1ccccc1)N1CCCC1. The van der Waals surface area contributed by atoms with Crippen LogP contribution in [0.1, 0.15) is 37.0 Å². The van der Waals surface area contributed by atoms with Crippen LogP contribution in [-0.4, -0.2) is 36.5 Å². The van der Waals surface area contributed by atoms with E-state index in [4.69, 9.17) is 0 Å². The summed E-state index contributed by atoms with van der Waals surface area (Å²) in [6.07, 6.45) is 2.58. The van der Waals surface area contributed by atoms with Crippen molar-refractivity contribution in [3.8, 4) is 0 Å². The average Bonchev–Trinajstić information content (AvgIpc) is 2.93. The lowest BCUT2D eigenvalue weighted by Crippen LogP contribution is -2.45. The van der Waals surface area contributed by atoms with Crippen LogP contribution in [0.3, 0.4) is 0 Å². The molecule has 0 bridgehead atoms. The van der Waals surface area contributed by atoms with Crippen molar-refractivity contribution in [3.05, 3.63) is 35.9 Å². The molecule has 0 spiro atoms. The lowest BCUT2D eigenvalue weighted by molar-refractivity contribution is 0.0927. The highest BCUT2D eigenvalue weighted by molar-refractivity contribution is 5.94. The van der Waals surface area contributed by atoms with Crippen LogP contribution in [-0.2, 0) is 0 Å². The predicted molar refractivity (Wildman–Crippen MR) is 78.2 cm³/mol. The molecule has 0 saturated carbocycles. The molecule has 0 aliphatic carbocycles. The molecule has 1 saturated heterocycles. The molecule has 1 atom stereocenters. The van der Waals surface area contributed by atoms with Gasteiger partial charge in [0.1, 0.15) is 0 Å². The van der Waals surface area contributed by atoms with E-state index in [1.54, 1.807) is 0 Å². The quantitative estimate of drug-likeness (QED) is 0.882. The summed E-state index contributed by atoms with van der Waals surface area (Å²) in [7, 11) is 0. The van der Waals surface area contributed by atoms with Gasteiger partial charge in [-0.2, -0.15) is 0 Å². The molecule has 1 unspecified atom stereocenters. The van der Waals surface area contributed by atoms with E-state index in [0.29, 0.717) is 12.0 Å². The van der Waals surface area contributed by atoms with Gasteiger partial charge in [-0.15, -0.1) is 0 Å². The Morgan fingerprint density at radius 2 is 1.84 bits per heavy atom. The first-order valence-corrected chi connectivity index (χ1v) is 7.26. The van der Waals surface area contributed by atoms with Crippen LogP contribution in [0.25, 0.3) is 0 Å². The van der Waals surface area contributed by atoms with Crippen LogP contribution < -0.4 is 5.32 Å². The molecule has 0 radical (unpaired) electrons. The Morgan fingerprint density at radius 3 is 2.42 bits per heavy atom. The Bertz CT molecular complexity index is 396. The largest absolute Gasteiger partial charge is 0.350 e. The minimum absolute atomic E-state index is 0.0328. The molecule has 19 heavy (non-hydrogen) atoms. The number of amides is 1. The highest BCUT2D eigenvalue weighted by Gasteiger charge is 2.24. The first kappa shape index (κ1) is 14.1. The number of hydrogen-bond donors (Lipinski definition) is 1. The highest BCUT2D eigenvalue weighted by atomic mass is 16.1. The number of benzene rings is 1. The highest BCUT2D eigenvalue weighted by Crippen LogP contribution is 2.17. The molecule has 3 nitrogen and oxygen atoms in total. The molecular formula is C16H24N2O. The van der Waals surface area contributed by atoms with Crippen LogP contribution in [0.4, 0.5) is 0 Å². The summed E-state index contributed by atoms with van der Waals surface area (Å²) >= 11 is 0. The normalized spacial score (nSPS) is 17.6. The van der Waals surface area contributed by atoms with Crippen molar-refractivity contribution >= 4 is 5.91 Å². The number of carbonyl (C=O) groups is 1. The van der Waals surface area contributed by atoms with Gasteiger partial charge in [0.05, 0.1) is 0 Å². The number of hydrogen-bond acceptors (Lipinski definition) is 2. The van der Waals surface area contributed by atoms with Crippen molar-refractivity contribution in [2.45, 2.75) is 32.7 Å². The molecule has 2 rings (SSSR count). The van der Waals surface area contributed by atoms with Gasteiger partial charge in [0.15, 0.2) is 0 Å². The molecule has 1 N–H and O–H groups in total. The number of nitrogens with zero attached hydrogens (tertiary/aromatic N) is 1. The Morgan fingerprint density at radius 1 is 1.21 bits per heavy atom. The second-order valence-corrected chi connectivity index (χ2v) is 5.63. The standard InChI is InChI=1S/C16H24N2O/c1-13(2)15(18-10-6-7-11-18)12-17-16(19)14-8-4-3-5-9-14/h3-5,8-9,13,15H,6-7,10-12H2,1-2H3,(H,17,19). The average molecular weight is 260 g/mol. The van der Waals surface area contributed by atoms with Crippen molar-refractivity contribution in [2.24, 2.45) is 5.92 Å². The van der Waals surface area contributed by atoms with Crippen LogP contribution in [0.15, 0.2) is 30.3 Å². The fourth-order valence-corrected chi connectivity index (χ4v) is 2.75. The summed E-state index contributed by atoms with van der Waals surface area (Å²) in [5, 5.41) is 3.08. The molecule has 1 aliphatic heterocycles. The minimum atomic E-state index is 0.0328. The van der Waals surface area contributed by atoms with Gasteiger partial charge in [0.2, 0.25) is 0 Å². The summed E-state index contributed by atoms with van der Waals surface area (Å²) < 4.78 is 0. The smallest absolute Gasteiger partial charge is 0.251 e. The Kier molecular flexibility index (Phi) is 4.97. The number of likely N-dealkylation sites (tertiary alicyclic amines) is 1. The fourth-order valence-electron chi connectivity index (χ4n) is 2.75. The maximum absolute atomic E-state index is 12.1. The Hall–Kier alpha value is -1.35. The number of rotatable bonds is 5. The lowest BCUT2D eigenvalue weighted by atomic mass is 10.0. The third-order valence-corrected chi connectivity index (χ3v) is 3.89. The van der Waals surface area contributed by atoms with Crippen molar-refractivity contribution < 1.29 is 4.79 Å². The van der Waals surface area contributed by atoms with Gasteiger partial charge >= 0.3 is 0 Å². The molecule has 1 heterocycles. The Balaban J connectivity index is 1.90. The summed E-state index contributed by atoms with van der Waals surface area (Å²) in [6.45, 7) is 7.55. The van der Waals surface area contributed by atoms with E-state index in [1.165, 1.54) is 25.9 Å². The molecule has 1 aliphatic rings. The summed E-state index contributed by atoms with van der Waals surface area (Å²) in [6, 6.07) is 9.89. The van der Waals surface area contributed by atoms with Crippen molar-refractivity contribution in [1.82, 2.24) is 10.2 Å². The van der Waals surface area contributed by atoms with Crippen molar-refractivity contribution in [1.29, 1.82) is 0 Å². The second-order valence-electron chi connectivity index (χ2n) is 5.63. The monoisotopic (exact) mass is 260 g/mol. The molecule has 1 fully saturated rings. The van der Waals surface area contributed by atoms with E-state index in [1.807, 2.05) is 30.3 Å². The van der Waals surface area contributed by atoms with Crippen molar-refractivity contribution in [3.63, 3.8) is 0 Å². The van der Waals surface area contributed by atoms with E-state index in [2.05, 4.69) is 24.1 Å². The Labute approximate surface area is 116 Å². The maximum atomic E-state index is 12.1. The van der Waals surface area contributed by atoms with Gasteiger partial charge in [-0.05, 0) is 44.0 Å². The van der Waals surface area contributed by atoms with Crippen LogP contribution in [0, 0.1) is 5.92 Å². The summed E-state index contributed by atoms with van der Waals surface area (Å²) in [5.41, 5.74) is 0.742. The van der Waals surface area contributed by atoms with Crippen LogP contribution in [0.2, 0.25) is 0 Å². The first-order chi connectivity index (χ1) is 9.18. The van der Waals surface area contributed by atoms with Crippen molar-refractivity contribution in [2.75, 3.05) is 19.6 Å². The number of carbonyl (C=O) groups excluding carboxylic acids is 1. The molecular weight excluding hydrogens is 236 g/mol. The molecule has 1 aromatic rings. The zero-order chi connectivity index (χ0) is 13.7. The van der Waals surface area contributed by atoms with Gasteiger partial charge in [-0.25, -0.2) is 0 Å². The molecule has 3 heteroatoms. The fraction of sp³-hybridized carbons (Fsp3) is 0.562. The third-order valence-electron chi connectivity index (χ3n) is 3.89. The predicted octanol–water partition coefficient (Wildman–Crippen LogP) is 2.54. The van der Waals surface area contributed by atoms with Gasteiger partial charge in [0.25, 0.3) is 5.91 Å². The van der Waals surface area contributed by atoms with E-state index >= 15 is 0 Å². The second kappa shape index (κ2) is 6.71. The van der Waals surface area contributed by atoms with Gasteiger partial charge in [-0.1, -0.05) is 32.0 Å². The summed E-state index contributed by atoms with van der Waals surface area (Å²) in [4.78, 5) is 14.6. The molecule has 1 amide bonds. The molecule has 104 valence electrons. The van der Waals surface area contributed by atoms with Gasteiger partial charge in [0, 0.05) is 18.2 Å². The third kappa shape index (κ3) is 3.80. The topological polar surface area (TPSA) is 32.3 Å². The molecule has 0 aromatic heterocycles. The van der Waals surface area contributed by atoms with Gasteiger partial charge < -0.3 is 5.32 Å². The van der Waals surface area contributed by atoms with Gasteiger partial charge in [-0.3, -0.25) is 9.69 Å². The van der Waals surface area contributed by atoms with E-state index in [9.17, 15) is 4.79 Å². The minimum Gasteiger partial charge on any atom is -0.350 e. The van der Waals surface area contributed by atoms with E-state index in [-0.39, 0.29) is 5.91 Å². The van der Waals surface area contributed by atoms with E-state index in [0.717, 1.165) is 12.1 Å². The zero-order valence-corrected chi connectivity index (χ0v) is 11.9. The maximum Gasteiger partial charge on any atom is 0.251 e. The van der Waals surface area contributed by atoms with Crippen LogP contribution >= 0.6 is 0 Å². The van der Waals surface area contributed by atoms with Crippen LogP contribution in [0.5, 0.6) is 0 Å².